The number of nitrogens with one attached hydrogen (secondary N) is 1. The van der Waals surface area contributed by atoms with E-state index in [1.54, 1.807) is 0 Å². The molecule has 4 N–H and O–H groups in total. The molecule has 78 valence electrons. The molecule has 13 heavy (non-hydrogen) atoms. The second-order valence-corrected chi connectivity index (χ2v) is 3.97. The summed E-state index contributed by atoms with van der Waals surface area (Å²) in [7, 11) is 4.04. The van der Waals surface area contributed by atoms with Crippen LogP contribution < -0.4 is 11.1 Å². The Hall–Kier alpha value is -0.160. The van der Waals surface area contributed by atoms with E-state index in [1.165, 1.54) is 6.42 Å². The van der Waals surface area contributed by atoms with Crippen molar-refractivity contribution in [3.05, 3.63) is 0 Å². The molecule has 1 aliphatic rings. The number of likely N-dealkylation sites (N-methyl/N-ethyl adjacent to an activating group) is 1. The molecule has 0 spiro atoms. The van der Waals surface area contributed by atoms with Gasteiger partial charge < -0.3 is 21.1 Å². The topological polar surface area (TPSA) is 61.5 Å². The monoisotopic (exact) mass is 187 g/mol. The summed E-state index contributed by atoms with van der Waals surface area (Å²) < 4.78 is 0. The van der Waals surface area contributed by atoms with E-state index in [1.807, 2.05) is 7.05 Å². The zero-order valence-corrected chi connectivity index (χ0v) is 8.53. The summed E-state index contributed by atoms with van der Waals surface area (Å²) in [4.78, 5) is 2.30. The summed E-state index contributed by atoms with van der Waals surface area (Å²) in [5, 5.41) is 12.2. The number of hydrogen-bond donors (Lipinski definition) is 3. The average molecular weight is 187 g/mol. The minimum absolute atomic E-state index is 0.0612. The number of rotatable bonds is 4. The van der Waals surface area contributed by atoms with E-state index in [0.29, 0.717) is 5.92 Å². The fraction of sp³-hybridized carbons (Fsp3) is 1.00. The molecule has 1 rings (SSSR count). The van der Waals surface area contributed by atoms with Crippen molar-refractivity contribution in [3.63, 3.8) is 0 Å². The van der Waals surface area contributed by atoms with Crippen molar-refractivity contribution in [1.82, 2.24) is 10.2 Å². The lowest BCUT2D eigenvalue weighted by Gasteiger charge is -2.27. The lowest BCUT2D eigenvalue weighted by molar-refractivity contribution is 0.210. The number of nitrogens with two attached hydrogens (primary N) is 1. The minimum atomic E-state index is -0.138. The normalized spacial score (nSPS) is 29.1. The van der Waals surface area contributed by atoms with E-state index in [9.17, 15) is 0 Å². The van der Waals surface area contributed by atoms with Gasteiger partial charge in [0.05, 0.1) is 6.61 Å². The van der Waals surface area contributed by atoms with Gasteiger partial charge in [-0.2, -0.15) is 0 Å². The quantitative estimate of drug-likeness (QED) is 0.520. The molecule has 1 saturated heterocycles. The third kappa shape index (κ3) is 2.64. The number of nitrogens with zero attached hydrogens (tertiary/aromatic N) is 1. The van der Waals surface area contributed by atoms with Crippen LogP contribution in [0.4, 0.5) is 0 Å². The highest BCUT2D eigenvalue weighted by molar-refractivity contribution is 4.89. The van der Waals surface area contributed by atoms with Gasteiger partial charge in [0.2, 0.25) is 0 Å². The zero-order chi connectivity index (χ0) is 9.84. The number of aliphatic hydroxyl groups is 1. The molecule has 0 bridgehead atoms. The minimum Gasteiger partial charge on any atom is -0.395 e. The highest BCUT2D eigenvalue weighted by Gasteiger charge is 2.30. The molecule has 0 saturated carbocycles. The summed E-state index contributed by atoms with van der Waals surface area (Å²) in [5.74, 6) is 0.581. The first-order valence-corrected chi connectivity index (χ1v) is 4.91. The lowest BCUT2D eigenvalue weighted by Crippen LogP contribution is -2.50. The van der Waals surface area contributed by atoms with Crippen LogP contribution in [0.1, 0.15) is 6.42 Å². The van der Waals surface area contributed by atoms with Crippen LogP contribution in [0.15, 0.2) is 0 Å². The van der Waals surface area contributed by atoms with Gasteiger partial charge >= 0.3 is 0 Å². The van der Waals surface area contributed by atoms with Crippen molar-refractivity contribution in [2.75, 3.05) is 33.8 Å². The maximum atomic E-state index is 8.98. The maximum absolute atomic E-state index is 8.98. The van der Waals surface area contributed by atoms with Crippen LogP contribution in [-0.2, 0) is 0 Å². The summed E-state index contributed by atoms with van der Waals surface area (Å²) in [6, 6.07) is 0.108. The van der Waals surface area contributed by atoms with Crippen LogP contribution >= 0.6 is 0 Å². The van der Waals surface area contributed by atoms with Crippen LogP contribution in [-0.4, -0.2) is 55.9 Å². The van der Waals surface area contributed by atoms with Gasteiger partial charge in [0.15, 0.2) is 0 Å². The maximum Gasteiger partial charge on any atom is 0.0597 e. The SMILES string of the molecule is CNC(C(N)CO)C1CCN(C)C1. The third-order valence-corrected chi connectivity index (χ3v) is 2.94. The number of hydrogen-bond acceptors (Lipinski definition) is 4. The van der Waals surface area contributed by atoms with Gasteiger partial charge in [-0.1, -0.05) is 0 Å². The van der Waals surface area contributed by atoms with Gasteiger partial charge in [0.1, 0.15) is 0 Å². The molecule has 0 radical (unpaired) electrons. The smallest absolute Gasteiger partial charge is 0.0597 e. The zero-order valence-electron chi connectivity index (χ0n) is 8.53. The lowest BCUT2D eigenvalue weighted by atomic mass is 9.93. The van der Waals surface area contributed by atoms with Crippen molar-refractivity contribution in [1.29, 1.82) is 0 Å². The van der Waals surface area contributed by atoms with Crippen molar-refractivity contribution in [2.24, 2.45) is 11.7 Å². The van der Waals surface area contributed by atoms with Crippen LogP contribution in [0.25, 0.3) is 0 Å². The fourth-order valence-corrected chi connectivity index (χ4v) is 2.18. The van der Waals surface area contributed by atoms with Crippen molar-refractivity contribution < 1.29 is 5.11 Å². The average Bonchev–Trinajstić information content (AvgIpc) is 2.53. The van der Waals surface area contributed by atoms with Gasteiger partial charge in [-0.3, -0.25) is 0 Å². The Labute approximate surface area is 80.1 Å². The van der Waals surface area contributed by atoms with E-state index in [-0.39, 0.29) is 18.7 Å². The molecular weight excluding hydrogens is 166 g/mol. The molecule has 4 nitrogen and oxygen atoms in total. The molecule has 1 aliphatic heterocycles. The Morgan fingerprint density at radius 3 is 2.77 bits per heavy atom. The van der Waals surface area contributed by atoms with Crippen LogP contribution in [0.5, 0.6) is 0 Å². The van der Waals surface area contributed by atoms with Gasteiger partial charge in [0.25, 0.3) is 0 Å². The van der Waals surface area contributed by atoms with E-state index < -0.39 is 0 Å². The van der Waals surface area contributed by atoms with Crippen molar-refractivity contribution >= 4 is 0 Å². The standard InChI is InChI=1S/C9H21N3O/c1-11-9(8(10)6-13)7-3-4-12(2)5-7/h7-9,11,13H,3-6,10H2,1-2H3. The molecule has 3 atom stereocenters. The highest BCUT2D eigenvalue weighted by Crippen LogP contribution is 2.19. The first-order chi connectivity index (χ1) is 6.19. The molecule has 4 heteroatoms. The molecular formula is C9H21N3O. The predicted octanol–water partition coefficient (Wildman–Crippen LogP) is -1.15. The van der Waals surface area contributed by atoms with Crippen molar-refractivity contribution in [2.45, 2.75) is 18.5 Å². The van der Waals surface area contributed by atoms with E-state index in [0.717, 1.165) is 13.1 Å². The number of likely N-dealkylation sites (tertiary alicyclic amines) is 1. The van der Waals surface area contributed by atoms with E-state index >= 15 is 0 Å². The highest BCUT2D eigenvalue weighted by atomic mass is 16.3. The molecule has 1 heterocycles. The van der Waals surface area contributed by atoms with Crippen LogP contribution in [0.2, 0.25) is 0 Å². The molecule has 1 fully saturated rings. The first kappa shape index (κ1) is 10.9. The Morgan fingerprint density at radius 2 is 2.38 bits per heavy atom. The third-order valence-electron chi connectivity index (χ3n) is 2.94. The van der Waals surface area contributed by atoms with Crippen LogP contribution in [0.3, 0.4) is 0 Å². The number of aliphatic hydroxyl groups excluding tert-OH is 1. The molecule has 0 aromatic rings. The predicted molar refractivity (Wildman–Crippen MR) is 53.5 cm³/mol. The molecule has 0 amide bonds. The van der Waals surface area contributed by atoms with Crippen molar-refractivity contribution in [3.8, 4) is 0 Å². The van der Waals surface area contributed by atoms with Gasteiger partial charge in [-0.15, -0.1) is 0 Å². The summed E-state index contributed by atoms with van der Waals surface area (Å²) >= 11 is 0. The van der Waals surface area contributed by atoms with Gasteiger partial charge in [0, 0.05) is 18.6 Å². The molecule has 0 aliphatic carbocycles. The fourth-order valence-electron chi connectivity index (χ4n) is 2.18. The largest absolute Gasteiger partial charge is 0.395 e. The Kier molecular flexibility index (Phi) is 4.12. The van der Waals surface area contributed by atoms with E-state index in [2.05, 4.69) is 17.3 Å². The Balaban J connectivity index is 2.46. The Bertz CT molecular complexity index is 154. The van der Waals surface area contributed by atoms with E-state index in [4.69, 9.17) is 10.8 Å². The second-order valence-electron chi connectivity index (χ2n) is 3.97. The first-order valence-electron chi connectivity index (χ1n) is 4.91. The Morgan fingerprint density at radius 1 is 1.69 bits per heavy atom. The van der Waals surface area contributed by atoms with Gasteiger partial charge in [-0.25, -0.2) is 0 Å². The molecule has 0 aromatic carbocycles. The molecule has 3 unspecified atom stereocenters. The van der Waals surface area contributed by atoms with Crippen LogP contribution in [0, 0.1) is 5.92 Å². The summed E-state index contributed by atoms with van der Waals surface area (Å²) in [5.41, 5.74) is 5.82. The summed E-state index contributed by atoms with van der Waals surface area (Å²) in [6.45, 7) is 2.28. The molecule has 0 aromatic heterocycles. The second kappa shape index (κ2) is 4.91. The van der Waals surface area contributed by atoms with Gasteiger partial charge in [-0.05, 0) is 33.0 Å². The summed E-state index contributed by atoms with van der Waals surface area (Å²) in [6.07, 6.45) is 1.18.